The average Bonchev–Trinajstić information content (AvgIpc) is 2.28. The summed E-state index contributed by atoms with van der Waals surface area (Å²) in [5.74, 6) is -0.0119. The predicted octanol–water partition coefficient (Wildman–Crippen LogP) is 1.42. The summed E-state index contributed by atoms with van der Waals surface area (Å²) < 4.78 is 0. The Labute approximate surface area is 96.5 Å². The lowest BCUT2D eigenvalue weighted by atomic mass is 10.1. The first-order valence-electron chi connectivity index (χ1n) is 5.57. The summed E-state index contributed by atoms with van der Waals surface area (Å²) in [6.45, 7) is 3.81. The van der Waals surface area contributed by atoms with E-state index in [0.717, 1.165) is 12.0 Å². The summed E-state index contributed by atoms with van der Waals surface area (Å²) in [6.07, 6.45) is 1.21. The first-order valence-corrected chi connectivity index (χ1v) is 5.57. The molecular weight excluding hydrogens is 202 g/mol. The summed E-state index contributed by atoms with van der Waals surface area (Å²) >= 11 is 0. The van der Waals surface area contributed by atoms with E-state index in [1.165, 1.54) is 5.56 Å². The van der Waals surface area contributed by atoms with Crippen LogP contribution in [-0.4, -0.2) is 23.7 Å². The summed E-state index contributed by atoms with van der Waals surface area (Å²) in [5, 5.41) is 11.5. The van der Waals surface area contributed by atoms with Crippen molar-refractivity contribution in [3.8, 4) is 0 Å². The second kappa shape index (κ2) is 6.28. The van der Waals surface area contributed by atoms with Gasteiger partial charge in [0.25, 0.3) is 0 Å². The predicted molar refractivity (Wildman–Crippen MR) is 64.2 cm³/mol. The zero-order chi connectivity index (χ0) is 12.0. The average molecular weight is 221 g/mol. The van der Waals surface area contributed by atoms with Crippen LogP contribution >= 0.6 is 0 Å². The molecule has 3 heteroatoms. The smallest absolute Gasteiger partial charge is 0.220 e. The molecule has 16 heavy (non-hydrogen) atoms. The van der Waals surface area contributed by atoms with Gasteiger partial charge in [0.15, 0.2) is 0 Å². The van der Waals surface area contributed by atoms with Gasteiger partial charge in [-0.3, -0.25) is 4.79 Å². The Morgan fingerprint density at radius 3 is 2.56 bits per heavy atom. The highest BCUT2D eigenvalue weighted by Crippen LogP contribution is 2.05. The van der Waals surface area contributed by atoms with Crippen molar-refractivity contribution in [1.29, 1.82) is 0 Å². The van der Waals surface area contributed by atoms with Gasteiger partial charge in [-0.25, -0.2) is 0 Å². The molecule has 0 aliphatic carbocycles. The maximum Gasteiger partial charge on any atom is 0.220 e. The second-order valence-corrected chi connectivity index (χ2v) is 4.14. The minimum absolute atomic E-state index is 0.0119. The molecular formula is C13H19NO2. The number of aryl methyl sites for hydroxylation is 2. The van der Waals surface area contributed by atoms with Crippen molar-refractivity contribution < 1.29 is 9.90 Å². The second-order valence-electron chi connectivity index (χ2n) is 4.14. The van der Waals surface area contributed by atoms with E-state index < -0.39 is 0 Å². The Morgan fingerprint density at radius 2 is 2.00 bits per heavy atom. The molecule has 1 aromatic rings. The first kappa shape index (κ1) is 12.7. The Morgan fingerprint density at radius 1 is 1.38 bits per heavy atom. The molecule has 0 unspecified atom stereocenters. The third-order valence-electron chi connectivity index (χ3n) is 2.44. The number of aliphatic hydroxyl groups excluding tert-OH is 1. The van der Waals surface area contributed by atoms with E-state index in [2.05, 4.69) is 5.32 Å². The molecule has 0 aliphatic heterocycles. The summed E-state index contributed by atoms with van der Waals surface area (Å²) in [6, 6.07) is 8.01. The lowest BCUT2D eigenvalue weighted by Gasteiger charge is -2.10. The normalized spacial score (nSPS) is 12.2. The van der Waals surface area contributed by atoms with Crippen molar-refractivity contribution in [2.24, 2.45) is 0 Å². The van der Waals surface area contributed by atoms with Gasteiger partial charge in [0.05, 0.1) is 6.61 Å². The van der Waals surface area contributed by atoms with Crippen molar-refractivity contribution >= 4 is 5.91 Å². The highest BCUT2D eigenvalue weighted by Gasteiger charge is 2.05. The Bertz CT molecular complexity index is 332. The maximum absolute atomic E-state index is 11.4. The van der Waals surface area contributed by atoms with Crippen LogP contribution in [0, 0.1) is 6.92 Å². The fourth-order valence-corrected chi connectivity index (χ4v) is 1.41. The van der Waals surface area contributed by atoms with E-state index >= 15 is 0 Å². The van der Waals surface area contributed by atoms with Gasteiger partial charge < -0.3 is 10.4 Å². The summed E-state index contributed by atoms with van der Waals surface area (Å²) in [5.41, 5.74) is 2.39. The number of nitrogens with one attached hydrogen (secondary N) is 1. The molecule has 0 spiro atoms. The molecule has 88 valence electrons. The van der Waals surface area contributed by atoms with Gasteiger partial charge >= 0.3 is 0 Å². The quantitative estimate of drug-likeness (QED) is 0.790. The summed E-state index contributed by atoms with van der Waals surface area (Å²) in [4.78, 5) is 11.4. The van der Waals surface area contributed by atoms with Crippen molar-refractivity contribution in [2.45, 2.75) is 32.7 Å². The molecule has 0 saturated heterocycles. The third-order valence-corrected chi connectivity index (χ3v) is 2.44. The van der Waals surface area contributed by atoms with Crippen LogP contribution in [0.1, 0.15) is 24.5 Å². The standard InChI is InChI=1S/C13H19NO2/c1-10-3-5-12(6-4-10)7-8-13(16)14-11(2)9-15/h3-6,11,15H,7-9H2,1-2H3,(H,14,16)/t11-/m1/s1. The van der Waals surface area contributed by atoms with Crippen molar-refractivity contribution in [3.63, 3.8) is 0 Å². The fraction of sp³-hybridized carbons (Fsp3) is 0.462. The van der Waals surface area contributed by atoms with Gasteiger partial charge in [0.2, 0.25) is 5.91 Å². The minimum Gasteiger partial charge on any atom is -0.394 e. The largest absolute Gasteiger partial charge is 0.394 e. The lowest BCUT2D eigenvalue weighted by molar-refractivity contribution is -0.121. The Balaban J connectivity index is 2.34. The number of amides is 1. The monoisotopic (exact) mass is 221 g/mol. The van der Waals surface area contributed by atoms with Crippen LogP contribution in [0.5, 0.6) is 0 Å². The fourth-order valence-electron chi connectivity index (χ4n) is 1.41. The van der Waals surface area contributed by atoms with Crippen LogP contribution in [0.2, 0.25) is 0 Å². The van der Waals surface area contributed by atoms with Gasteiger partial charge in [0, 0.05) is 12.5 Å². The molecule has 0 saturated carbocycles. The van der Waals surface area contributed by atoms with Gasteiger partial charge in [-0.1, -0.05) is 29.8 Å². The molecule has 1 aromatic carbocycles. The Kier molecular flexibility index (Phi) is 4.99. The topological polar surface area (TPSA) is 49.3 Å². The molecule has 0 aliphatic rings. The molecule has 0 heterocycles. The van der Waals surface area contributed by atoms with E-state index in [9.17, 15) is 4.79 Å². The third kappa shape index (κ3) is 4.45. The van der Waals surface area contributed by atoms with Crippen LogP contribution in [0.4, 0.5) is 0 Å². The number of hydrogen-bond acceptors (Lipinski definition) is 2. The maximum atomic E-state index is 11.4. The number of rotatable bonds is 5. The molecule has 0 bridgehead atoms. The van der Waals surface area contributed by atoms with E-state index in [4.69, 9.17) is 5.11 Å². The van der Waals surface area contributed by atoms with Gasteiger partial charge in [-0.2, -0.15) is 0 Å². The number of aliphatic hydroxyl groups is 1. The number of hydrogen-bond donors (Lipinski definition) is 2. The number of carbonyl (C=O) groups excluding carboxylic acids is 1. The molecule has 1 amide bonds. The molecule has 3 nitrogen and oxygen atoms in total. The van der Waals surface area contributed by atoms with Crippen LogP contribution in [0.25, 0.3) is 0 Å². The number of carbonyl (C=O) groups is 1. The molecule has 0 fully saturated rings. The van der Waals surface area contributed by atoms with Crippen LogP contribution in [0.3, 0.4) is 0 Å². The van der Waals surface area contributed by atoms with Crippen LogP contribution in [-0.2, 0) is 11.2 Å². The van der Waals surface area contributed by atoms with Crippen molar-refractivity contribution in [1.82, 2.24) is 5.32 Å². The van der Waals surface area contributed by atoms with Crippen molar-refractivity contribution in [3.05, 3.63) is 35.4 Å². The van der Waals surface area contributed by atoms with Crippen molar-refractivity contribution in [2.75, 3.05) is 6.61 Å². The zero-order valence-electron chi connectivity index (χ0n) is 9.86. The van der Waals surface area contributed by atoms with E-state index in [1.807, 2.05) is 31.2 Å². The lowest BCUT2D eigenvalue weighted by Crippen LogP contribution is -2.35. The molecule has 2 N–H and O–H groups in total. The van der Waals surface area contributed by atoms with Crippen LogP contribution in [0.15, 0.2) is 24.3 Å². The molecule has 1 atom stereocenters. The van der Waals surface area contributed by atoms with E-state index in [1.54, 1.807) is 6.92 Å². The number of benzene rings is 1. The highest BCUT2D eigenvalue weighted by atomic mass is 16.3. The molecule has 0 aromatic heterocycles. The summed E-state index contributed by atoms with van der Waals surface area (Å²) in [7, 11) is 0. The SMILES string of the molecule is Cc1ccc(CCC(=O)N[C@H](C)CO)cc1. The molecule has 0 radical (unpaired) electrons. The first-order chi connectivity index (χ1) is 7.61. The van der Waals surface area contributed by atoms with Gasteiger partial charge in [-0.05, 0) is 25.8 Å². The minimum atomic E-state index is -0.162. The molecule has 1 rings (SSSR count). The zero-order valence-corrected chi connectivity index (χ0v) is 9.86. The Hall–Kier alpha value is -1.35. The van der Waals surface area contributed by atoms with Gasteiger partial charge in [0.1, 0.15) is 0 Å². The van der Waals surface area contributed by atoms with E-state index in [-0.39, 0.29) is 18.6 Å². The van der Waals surface area contributed by atoms with Crippen LogP contribution < -0.4 is 5.32 Å². The van der Waals surface area contributed by atoms with Gasteiger partial charge in [-0.15, -0.1) is 0 Å². The highest BCUT2D eigenvalue weighted by molar-refractivity contribution is 5.76. The van der Waals surface area contributed by atoms with E-state index in [0.29, 0.717) is 6.42 Å².